The maximum Gasteiger partial charge on any atom is 0.118 e. The van der Waals surface area contributed by atoms with E-state index in [9.17, 15) is 0 Å². The summed E-state index contributed by atoms with van der Waals surface area (Å²) in [5.41, 5.74) is 6.86. The van der Waals surface area contributed by atoms with Gasteiger partial charge in [-0.25, -0.2) is 0 Å². The van der Waals surface area contributed by atoms with Crippen molar-refractivity contribution >= 4 is 0 Å². The van der Waals surface area contributed by atoms with Crippen LogP contribution in [0.4, 0.5) is 0 Å². The minimum Gasteiger partial charge on any atom is -0.497 e. The lowest BCUT2D eigenvalue weighted by molar-refractivity contribution is 0.414. The second-order valence-electron chi connectivity index (χ2n) is 3.96. The Morgan fingerprint density at radius 2 is 1.87 bits per heavy atom. The van der Waals surface area contributed by atoms with Gasteiger partial charge in [-0.1, -0.05) is 25.5 Å². The highest BCUT2D eigenvalue weighted by molar-refractivity contribution is 5.28. The number of nitrogens with two attached hydrogens (primary N) is 1. The molecule has 0 bridgehead atoms. The van der Waals surface area contributed by atoms with Crippen LogP contribution < -0.4 is 10.5 Å². The number of hydrogen-bond acceptors (Lipinski definition) is 2. The van der Waals surface area contributed by atoms with Crippen LogP contribution in [0.5, 0.6) is 5.75 Å². The Kier molecular flexibility index (Phi) is 5.19. The van der Waals surface area contributed by atoms with Crippen molar-refractivity contribution in [3.05, 3.63) is 29.8 Å². The molecule has 0 aliphatic carbocycles. The summed E-state index contributed by atoms with van der Waals surface area (Å²) in [6, 6.07) is 8.33. The van der Waals surface area contributed by atoms with Crippen LogP contribution >= 0.6 is 0 Å². The Bertz CT molecular complexity index is 268. The zero-order chi connectivity index (χ0) is 11.1. The summed E-state index contributed by atoms with van der Waals surface area (Å²) < 4.78 is 5.13. The van der Waals surface area contributed by atoms with Gasteiger partial charge in [0.15, 0.2) is 0 Å². The van der Waals surface area contributed by atoms with E-state index in [0.29, 0.717) is 5.92 Å². The van der Waals surface area contributed by atoms with Gasteiger partial charge in [-0.2, -0.15) is 0 Å². The Morgan fingerprint density at radius 3 is 2.40 bits per heavy atom. The van der Waals surface area contributed by atoms with Gasteiger partial charge >= 0.3 is 0 Å². The summed E-state index contributed by atoms with van der Waals surface area (Å²) in [6.07, 6.45) is 3.55. The van der Waals surface area contributed by atoms with Crippen LogP contribution in [0.25, 0.3) is 0 Å². The molecule has 0 radical (unpaired) electrons. The van der Waals surface area contributed by atoms with E-state index < -0.39 is 0 Å². The van der Waals surface area contributed by atoms with Gasteiger partial charge in [0.25, 0.3) is 0 Å². The largest absolute Gasteiger partial charge is 0.497 e. The minimum absolute atomic E-state index is 0.613. The Morgan fingerprint density at radius 1 is 1.20 bits per heavy atom. The van der Waals surface area contributed by atoms with Crippen molar-refractivity contribution in [2.45, 2.75) is 32.1 Å². The number of hydrogen-bond donors (Lipinski definition) is 1. The SMILES string of the molecule is COc1ccc(C(C)CCCCN)cc1. The minimum atomic E-state index is 0.613. The van der Waals surface area contributed by atoms with E-state index in [1.807, 2.05) is 12.1 Å². The molecule has 0 amide bonds. The molecule has 2 nitrogen and oxygen atoms in total. The Balaban J connectivity index is 2.46. The van der Waals surface area contributed by atoms with Gasteiger partial charge in [0.05, 0.1) is 7.11 Å². The highest BCUT2D eigenvalue weighted by Crippen LogP contribution is 2.23. The average Bonchev–Trinajstić information content (AvgIpc) is 2.29. The molecule has 1 atom stereocenters. The van der Waals surface area contributed by atoms with Gasteiger partial charge < -0.3 is 10.5 Å². The molecule has 1 rings (SSSR count). The molecular formula is C13H21NO. The molecule has 0 saturated carbocycles. The zero-order valence-corrected chi connectivity index (χ0v) is 9.70. The van der Waals surface area contributed by atoms with Gasteiger partial charge in [0.2, 0.25) is 0 Å². The van der Waals surface area contributed by atoms with Crippen LogP contribution in [0.2, 0.25) is 0 Å². The van der Waals surface area contributed by atoms with Gasteiger partial charge in [0.1, 0.15) is 5.75 Å². The summed E-state index contributed by atoms with van der Waals surface area (Å²) in [5.74, 6) is 1.54. The van der Waals surface area contributed by atoms with Crippen molar-refractivity contribution in [3.8, 4) is 5.75 Å². The van der Waals surface area contributed by atoms with Gasteiger partial charge in [-0.15, -0.1) is 0 Å². The fourth-order valence-corrected chi connectivity index (χ4v) is 1.69. The molecule has 2 heteroatoms. The van der Waals surface area contributed by atoms with Crippen LogP contribution in [-0.4, -0.2) is 13.7 Å². The highest BCUT2D eigenvalue weighted by Gasteiger charge is 2.04. The lowest BCUT2D eigenvalue weighted by Crippen LogP contribution is -2.00. The first-order valence-corrected chi connectivity index (χ1v) is 5.62. The molecule has 0 aromatic heterocycles. The second kappa shape index (κ2) is 6.46. The molecule has 1 aromatic rings. The fraction of sp³-hybridized carbons (Fsp3) is 0.538. The lowest BCUT2D eigenvalue weighted by atomic mass is 9.95. The van der Waals surface area contributed by atoms with Crippen molar-refractivity contribution < 1.29 is 4.74 Å². The van der Waals surface area contributed by atoms with E-state index in [4.69, 9.17) is 10.5 Å². The normalized spacial score (nSPS) is 12.5. The average molecular weight is 207 g/mol. The third kappa shape index (κ3) is 3.92. The quantitative estimate of drug-likeness (QED) is 0.728. The molecule has 84 valence electrons. The first-order valence-electron chi connectivity index (χ1n) is 5.62. The molecule has 0 heterocycles. The maximum absolute atomic E-state index is 5.47. The van der Waals surface area contributed by atoms with Crippen molar-refractivity contribution in [2.75, 3.05) is 13.7 Å². The second-order valence-corrected chi connectivity index (χ2v) is 3.96. The molecule has 2 N–H and O–H groups in total. The summed E-state index contributed by atoms with van der Waals surface area (Å²) in [6.45, 7) is 3.06. The highest BCUT2D eigenvalue weighted by atomic mass is 16.5. The third-order valence-corrected chi connectivity index (χ3v) is 2.78. The van der Waals surface area contributed by atoms with E-state index in [0.717, 1.165) is 18.7 Å². The van der Waals surface area contributed by atoms with Crippen molar-refractivity contribution in [1.29, 1.82) is 0 Å². The standard InChI is InChI=1S/C13H21NO/c1-11(5-3-4-10-14)12-6-8-13(15-2)9-7-12/h6-9,11H,3-5,10,14H2,1-2H3. The van der Waals surface area contributed by atoms with Crippen molar-refractivity contribution in [3.63, 3.8) is 0 Å². The fourth-order valence-electron chi connectivity index (χ4n) is 1.69. The molecule has 15 heavy (non-hydrogen) atoms. The first kappa shape index (κ1) is 12.1. The molecule has 1 aromatic carbocycles. The maximum atomic E-state index is 5.47. The zero-order valence-electron chi connectivity index (χ0n) is 9.70. The van der Waals surface area contributed by atoms with Crippen LogP contribution in [0, 0.1) is 0 Å². The number of unbranched alkanes of at least 4 members (excludes halogenated alkanes) is 1. The van der Waals surface area contributed by atoms with Crippen molar-refractivity contribution in [1.82, 2.24) is 0 Å². The van der Waals surface area contributed by atoms with E-state index in [2.05, 4.69) is 19.1 Å². The number of methoxy groups -OCH3 is 1. The number of benzene rings is 1. The Hall–Kier alpha value is -1.02. The van der Waals surface area contributed by atoms with E-state index in [1.165, 1.54) is 18.4 Å². The molecule has 1 unspecified atom stereocenters. The molecule has 0 saturated heterocycles. The molecule has 0 spiro atoms. The predicted molar refractivity (Wildman–Crippen MR) is 64.3 cm³/mol. The summed E-state index contributed by atoms with van der Waals surface area (Å²) in [5, 5.41) is 0. The Labute approximate surface area is 92.4 Å². The third-order valence-electron chi connectivity index (χ3n) is 2.78. The van der Waals surface area contributed by atoms with Crippen molar-refractivity contribution in [2.24, 2.45) is 5.73 Å². The molecular weight excluding hydrogens is 186 g/mol. The number of ether oxygens (including phenoxy) is 1. The van der Waals surface area contributed by atoms with Crippen LogP contribution in [0.1, 0.15) is 37.7 Å². The van der Waals surface area contributed by atoms with E-state index in [1.54, 1.807) is 7.11 Å². The lowest BCUT2D eigenvalue weighted by Gasteiger charge is -2.11. The summed E-state index contributed by atoms with van der Waals surface area (Å²) in [7, 11) is 1.69. The summed E-state index contributed by atoms with van der Waals surface area (Å²) in [4.78, 5) is 0. The summed E-state index contributed by atoms with van der Waals surface area (Å²) >= 11 is 0. The van der Waals surface area contributed by atoms with Gasteiger partial charge in [-0.05, 0) is 43.0 Å². The first-order chi connectivity index (χ1) is 7.27. The molecule has 0 aliphatic heterocycles. The van der Waals surface area contributed by atoms with Gasteiger partial charge in [0, 0.05) is 0 Å². The van der Waals surface area contributed by atoms with Crippen LogP contribution in [-0.2, 0) is 0 Å². The van der Waals surface area contributed by atoms with Crippen LogP contribution in [0.15, 0.2) is 24.3 Å². The van der Waals surface area contributed by atoms with E-state index in [-0.39, 0.29) is 0 Å². The van der Waals surface area contributed by atoms with E-state index >= 15 is 0 Å². The van der Waals surface area contributed by atoms with Gasteiger partial charge in [-0.3, -0.25) is 0 Å². The topological polar surface area (TPSA) is 35.2 Å². The smallest absolute Gasteiger partial charge is 0.118 e. The molecule has 0 aliphatic rings. The monoisotopic (exact) mass is 207 g/mol. The van der Waals surface area contributed by atoms with Crippen LogP contribution in [0.3, 0.4) is 0 Å². The number of rotatable bonds is 6. The predicted octanol–water partition coefficient (Wildman–Crippen LogP) is 2.93. The molecule has 0 fully saturated rings.